The van der Waals surface area contributed by atoms with Crippen molar-refractivity contribution >= 4 is 12.0 Å². The van der Waals surface area contributed by atoms with Crippen molar-refractivity contribution in [1.29, 1.82) is 0 Å². The van der Waals surface area contributed by atoms with Gasteiger partial charge < -0.3 is 18.9 Å². The average Bonchev–Trinajstić information content (AvgIpc) is 2.64. The summed E-state index contributed by atoms with van der Waals surface area (Å²) in [4.78, 5) is 11.5. The predicted molar refractivity (Wildman–Crippen MR) is 95.4 cm³/mol. The minimum atomic E-state index is -0.399. The number of esters is 1. The van der Waals surface area contributed by atoms with Gasteiger partial charge in [0.25, 0.3) is 0 Å². The average molecular weight is 342 g/mol. The second-order valence-corrected chi connectivity index (χ2v) is 5.11. The first-order chi connectivity index (χ1) is 12.2. The molecule has 0 aromatic heterocycles. The number of methoxy groups -OCH3 is 1. The van der Waals surface area contributed by atoms with Crippen LogP contribution in [0.5, 0.6) is 11.5 Å². The van der Waals surface area contributed by atoms with E-state index in [1.165, 1.54) is 6.08 Å². The Balaban J connectivity index is 2.10. The van der Waals surface area contributed by atoms with Crippen LogP contribution in [0, 0.1) is 0 Å². The summed E-state index contributed by atoms with van der Waals surface area (Å²) in [6, 6.07) is 15.3. The Morgan fingerprint density at radius 1 is 1.08 bits per heavy atom. The molecule has 5 nitrogen and oxygen atoms in total. The molecule has 0 aliphatic carbocycles. The third-order valence-electron chi connectivity index (χ3n) is 3.25. The fraction of sp³-hybridized carbons (Fsp3) is 0.250. The molecule has 0 saturated carbocycles. The standard InChI is InChI=1S/C20H22O5/c1-3-23-20(21)12-10-17-9-11-18(13-19(17)25-15-22-2)24-14-16-7-5-4-6-8-16/h4-13H,3,14-15H2,1-2H3. The van der Waals surface area contributed by atoms with Gasteiger partial charge >= 0.3 is 5.97 Å². The van der Waals surface area contributed by atoms with E-state index >= 15 is 0 Å². The normalized spacial score (nSPS) is 10.6. The summed E-state index contributed by atoms with van der Waals surface area (Å²) in [7, 11) is 1.55. The Morgan fingerprint density at radius 2 is 1.88 bits per heavy atom. The maximum absolute atomic E-state index is 11.5. The number of carbonyl (C=O) groups is 1. The van der Waals surface area contributed by atoms with Gasteiger partial charge in [0, 0.05) is 24.8 Å². The maximum Gasteiger partial charge on any atom is 0.330 e. The molecule has 0 amide bonds. The van der Waals surface area contributed by atoms with Gasteiger partial charge in [-0.1, -0.05) is 30.3 Å². The SMILES string of the molecule is CCOC(=O)C=Cc1ccc(OCc2ccccc2)cc1OCOC. The fourth-order valence-electron chi connectivity index (χ4n) is 2.08. The third-order valence-corrected chi connectivity index (χ3v) is 3.25. The van der Waals surface area contributed by atoms with Crippen LogP contribution in [-0.2, 0) is 20.9 Å². The number of carbonyl (C=O) groups excluding carboxylic acids is 1. The highest BCUT2D eigenvalue weighted by atomic mass is 16.7. The van der Waals surface area contributed by atoms with Crippen LogP contribution in [0.1, 0.15) is 18.1 Å². The lowest BCUT2D eigenvalue weighted by molar-refractivity contribution is -0.137. The van der Waals surface area contributed by atoms with E-state index < -0.39 is 5.97 Å². The zero-order valence-electron chi connectivity index (χ0n) is 14.4. The molecule has 0 aliphatic rings. The van der Waals surface area contributed by atoms with Crippen molar-refractivity contribution in [2.75, 3.05) is 20.5 Å². The molecule has 2 aromatic carbocycles. The van der Waals surface area contributed by atoms with E-state index in [2.05, 4.69) is 0 Å². The lowest BCUT2D eigenvalue weighted by Gasteiger charge is -2.12. The van der Waals surface area contributed by atoms with E-state index in [0.29, 0.717) is 24.7 Å². The van der Waals surface area contributed by atoms with Crippen LogP contribution < -0.4 is 9.47 Å². The minimum Gasteiger partial charge on any atom is -0.489 e. The molecule has 5 heteroatoms. The van der Waals surface area contributed by atoms with Gasteiger partial charge in [0.2, 0.25) is 0 Å². The minimum absolute atomic E-state index is 0.0996. The van der Waals surface area contributed by atoms with Gasteiger partial charge in [-0.2, -0.15) is 0 Å². The molecule has 2 rings (SSSR count). The monoisotopic (exact) mass is 342 g/mol. The molecule has 0 saturated heterocycles. The van der Waals surface area contributed by atoms with Crippen LogP contribution in [0.2, 0.25) is 0 Å². The van der Waals surface area contributed by atoms with E-state index in [4.69, 9.17) is 18.9 Å². The van der Waals surface area contributed by atoms with E-state index in [1.54, 1.807) is 26.2 Å². The van der Waals surface area contributed by atoms with Crippen molar-refractivity contribution in [2.45, 2.75) is 13.5 Å². The van der Waals surface area contributed by atoms with E-state index in [9.17, 15) is 4.79 Å². The van der Waals surface area contributed by atoms with Crippen molar-refractivity contribution in [1.82, 2.24) is 0 Å². The van der Waals surface area contributed by atoms with Gasteiger partial charge in [-0.15, -0.1) is 0 Å². The highest BCUT2D eigenvalue weighted by Crippen LogP contribution is 2.27. The van der Waals surface area contributed by atoms with Crippen molar-refractivity contribution in [3.05, 3.63) is 65.7 Å². The molecule has 0 aliphatic heterocycles. The van der Waals surface area contributed by atoms with Crippen molar-refractivity contribution in [3.8, 4) is 11.5 Å². The Kier molecular flexibility index (Phi) is 7.53. The zero-order chi connectivity index (χ0) is 17.9. The third kappa shape index (κ3) is 6.31. The quantitative estimate of drug-likeness (QED) is 0.394. The topological polar surface area (TPSA) is 54.0 Å². The van der Waals surface area contributed by atoms with Crippen LogP contribution >= 0.6 is 0 Å². The molecule has 132 valence electrons. The number of hydrogen-bond donors (Lipinski definition) is 0. The van der Waals surface area contributed by atoms with Crippen molar-refractivity contribution < 1.29 is 23.7 Å². The molecule has 2 aromatic rings. The maximum atomic E-state index is 11.5. The number of ether oxygens (including phenoxy) is 4. The zero-order valence-corrected chi connectivity index (χ0v) is 14.4. The molecule has 0 unspecified atom stereocenters. The fourth-order valence-corrected chi connectivity index (χ4v) is 2.08. The summed E-state index contributed by atoms with van der Waals surface area (Å²) in [5.74, 6) is 0.834. The molecule has 0 heterocycles. The Morgan fingerprint density at radius 3 is 2.60 bits per heavy atom. The molecule has 0 radical (unpaired) electrons. The summed E-state index contributed by atoms with van der Waals surface area (Å²) in [5, 5.41) is 0. The van der Waals surface area contributed by atoms with Gasteiger partial charge in [0.15, 0.2) is 6.79 Å². The molecule has 0 atom stereocenters. The lowest BCUT2D eigenvalue weighted by Crippen LogP contribution is -2.02. The van der Waals surface area contributed by atoms with Crippen LogP contribution in [0.25, 0.3) is 6.08 Å². The summed E-state index contributed by atoms with van der Waals surface area (Å²) in [6.07, 6.45) is 3.01. The Hall–Kier alpha value is -2.79. The summed E-state index contributed by atoms with van der Waals surface area (Å²) in [6.45, 7) is 2.66. The summed E-state index contributed by atoms with van der Waals surface area (Å²) >= 11 is 0. The Bertz CT molecular complexity index is 694. The molecule has 0 N–H and O–H groups in total. The predicted octanol–water partition coefficient (Wildman–Crippen LogP) is 3.82. The van der Waals surface area contributed by atoms with Crippen LogP contribution in [0.4, 0.5) is 0 Å². The smallest absolute Gasteiger partial charge is 0.330 e. The molecular weight excluding hydrogens is 320 g/mol. The molecular formula is C20H22O5. The second-order valence-electron chi connectivity index (χ2n) is 5.11. The van der Waals surface area contributed by atoms with Crippen LogP contribution in [-0.4, -0.2) is 26.5 Å². The van der Waals surface area contributed by atoms with Gasteiger partial charge in [-0.25, -0.2) is 4.79 Å². The van der Waals surface area contributed by atoms with Crippen LogP contribution in [0.15, 0.2) is 54.6 Å². The van der Waals surface area contributed by atoms with Gasteiger partial charge in [-0.3, -0.25) is 0 Å². The van der Waals surface area contributed by atoms with Gasteiger partial charge in [-0.05, 0) is 30.7 Å². The summed E-state index contributed by atoms with van der Waals surface area (Å²) in [5.41, 5.74) is 1.81. The van der Waals surface area contributed by atoms with Crippen LogP contribution in [0.3, 0.4) is 0 Å². The van der Waals surface area contributed by atoms with Crippen molar-refractivity contribution in [2.24, 2.45) is 0 Å². The number of rotatable bonds is 9. The highest BCUT2D eigenvalue weighted by Gasteiger charge is 2.06. The van der Waals surface area contributed by atoms with Gasteiger partial charge in [0.05, 0.1) is 6.61 Å². The first kappa shape index (κ1) is 18.5. The van der Waals surface area contributed by atoms with E-state index in [1.807, 2.05) is 42.5 Å². The first-order valence-corrected chi connectivity index (χ1v) is 8.00. The number of hydrogen-bond acceptors (Lipinski definition) is 5. The van der Waals surface area contributed by atoms with Gasteiger partial charge in [0.1, 0.15) is 18.1 Å². The van der Waals surface area contributed by atoms with E-state index in [-0.39, 0.29) is 6.79 Å². The Labute approximate surface area is 147 Å². The van der Waals surface area contributed by atoms with Crippen molar-refractivity contribution in [3.63, 3.8) is 0 Å². The summed E-state index contributed by atoms with van der Waals surface area (Å²) < 4.78 is 21.2. The molecule has 0 spiro atoms. The highest BCUT2D eigenvalue weighted by molar-refractivity contribution is 5.87. The largest absolute Gasteiger partial charge is 0.489 e. The second kappa shape index (κ2) is 10.2. The molecule has 0 bridgehead atoms. The molecule has 25 heavy (non-hydrogen) atoms. The lowest BCUT2D eigenvalue weighted by atomic mass is 10.1. The van der Waals surface area contributed by atoms with E-state index in [0.717, 1.165) is 11.1 Å². The molecule has 0 fully saturated rings. The first-order valence-electron chi connectivity index (χ1n) is 8.00. The number of benzene rings is 2.